The molecule has 1 aromatic heterocycles. The molecule has 0 amide bonds. The minimum Gasteiger partial charge on any atom is -0.393 e. The van der Waals surface area contributed by atoms with Crippen molar-refractivity contribution in [2.24, 2.45) is 0 Å². The van der Waals surface area contributed by atoms with Crippen molar-refractivity contribution < 1.29 is 13.5 Å². The number of aliphatic hydroxyl groups excluding tert-OH is 1. The third-order valence-electron chi connectivity index (χ3n) is 4.33. The molecule has 0 aromatic carbocycles. The lowest BCUT2D eigenvalue weighted by Crippen LogP contribution is -2.48. The molecule has 3 heterocycles. The van der Waals surface area contributed by atoms with Gasteiger partial charge < -0.3 is 10.0 Å². The lowest BCUT2D eigenvalue weighted by molar-refractivity contribution is 0.145. The molecular weight excluding hydrogens is 304 g/mol. The van der Waals surface area contributed by atoms with Gasteiger partial charge in [0.1, 0.15) is 11.6 Å². The fourth-order valence-electron chi connectivity index (χ4n) is 2.89. The lowest BCUT2D eigenvalue weighted by atomic mass is 10.0. The Kier molecular flexibility index (Phi) is 4.09. The molecule has 0 aliphatic carbocycles. The Hall–Kier alpha value is -1.25. The number of aromatic nitrogens is 2. The average molecular weight is 326 g/mol. The number of anilines is 1. The molecule has 2 aliphatic rings. The first kappa shape index (κ1) is 15.6. The molecule has 2 aliphatic heterocycles. The predicted octanol–water partition coefficient (Wildman–Crippen LogP) is 0.105. The minimum atomic E-state index is -3.11. The number of sulfonamides is 1. The van der Waals surface area contributed by atoms with Crippen LogP contribution in [0.1, 0.15) is 30.3 Å². The van der Waals surface area contributed by atoms with E-state index < -0.39 is 10.0 Å². The highest BCUT2D eigenvalue weighted by molar-refractivity contribution is 7.88. The Morgan fingerprint density at radius 2 is 1.86 bits per heavy atom. The summed E-state index contributed by atoms with van der Waals surface area (Å²) in [6.45, 7) is 4.43. The standard InChI is InChI=1S/C14H22N4O3S/c1-10-7-13(17-5-3-12(19)4-6-17)16-14(15-10)11-8-18(9-11)22(2,20)21/h7,11-12,19H,3-6,8-9H2,1-2H3. The summed E-state index contributed by atoms with van der Waals surface area (Å²) in [6.07, 6.45) is 2.52. The number of hydrogen-bond donors (Lipinski definition) is 1. The van der Waals surface area contributed by atoms with Gasteiger partial charge in [-0.2, -0.15) is 0 Å². The highest BCUT2D eigenvalue weighted by Crippen LogP contribution is 2.28. The fourth-order valence-corrected chi connectivity index (χ4v) is 3.79. The van der Waals surface area contributed by atoms with Crippen LogP contribution in [-0.2, 0) is 10.0 Å². The molecule has 1 aromatic rings. The second kappa shape index (κ2) is 5.75. The van der Waals surface area contributed by atoms with Gasteiger partial charge in [-0.1, -0.05) is 0 Å². The Labute approximate surface area is 131 Å². The maximum atomic E-state index is 11.5. The molecule has 0 bridgehead atoms. The molecule has 0 atom stereocenters. The molecule has 0 radical (unpaired) electrons. The van der Waals surface area contributed by atoms with E-state index in [1.165, 1.54) is 10.6 Å². The zero-order valence-electron chi connectivity index (χ0n) is 12.9. The van der Waals surface area contributed by atoms with Crippen LogP contribution in [0.2, 0.25) is 0 Å². The third kappa shape index (κ3) is 3.23. The van der Waals surface area contributed by atoms with Gasteiger partial charge in [0.05, 0.1) is 12.4 Å². The van der Waals surface area contributed by atoms with Crippen molar-refractivity contribution in [3.63, 3.8) is 0 Å². The molecule has 2 saturated heterocycles. The summed E-state index contributed by atoms with van der Waals surface area (Å²) in [6, 6.07) is 1.95. The van der Waals surface area contributed by atoms with Crippen LogP contribution in [0.15, 0.2) is 6.07 Å². The van der Waals surface area contributed by atoms with Crippen LogP contribution in [0.4, 0.5) is 5.82 Å². The number of rotatable bonds is 3. The van der Waals surface area contributed by atoms with Crippen LogP contribution in [0, 0.1) is 6.92 Å². The predicted molar refractivity (Wildman–Crippen MR) is 83.4 cm³/mol. The van der Waals surface area contributed by atoms with Crippen molar-refractivity contribution in [1.29, 1.82) is 0 Å². The smallest absolute Gasteiger partial charge is 0.211 e. The van der Waals surface area contributed by atoms with Crippen molar-refractivity contribution in [1.82, 2.24) is 14.3 Å². The van der Waals surface area contributed by atoms with E-state index >= 15 is 0 Å². The zero-order chi connectivity index (χ0) is 15.9. The SMILES string of the molecule is Cc1cc(N2CCC(O)CC2)nc(C2CN(S(C)(=O)=O)C2)n1. The van der Waals surface area contributed by atoms with Gasteiger partial charge in [-0.15, -0.1) is 0 Å². The second-order valence-electron chi connectivity index (χ2n) is 6.22. The normalized spacial score (nSPS) is 21.9. The summed E-state index contributed by atoms with van der Waals surface area (Å²) >= 11 is 0. The van der Waals surface area contributed by atoms with Crippen molar-refractivity contribution >= 4 is 15.8 Å². The fraction of sp³-hybridized carbons (Fsp3) is 0.714. The van der Waals surface area contributed by atoms with E-state index in [2.05, 4.69) is 14.9 Å². The van der Waals surface area contributed by atoms with Gasteiger partial charge in [0, 0.05) is 43.9 Å². The van der Waals surface area contributed by atoms with Crippen LogP contribution in [0.5, 0.6) is 0 Å². The summed E-state index contributed by atoms with van der Waals surface area (Å²) in [5, 5.41) is 9.60. The van der Waals surface area contributed by atoms with E-state index in [0.29, 0.717) is 13.1 Å². The first-order valence-electron chi connectivity index (χ1n) is 7.56. The molecular formula is C14H22N4O3S. The first-order valence-corrected chi connectivity index (χ1v) is 9.41. The largest absolute Gasteiger partial charge is 0.393 e. The number of piperidine rings is 1. The van der Waals surface area contributed by atoms with Crippen molar-refractivity contribution in [3.8, 4) is 0 Å². The van der Waals surface area contributed by atoms with Crippen LogP contribution in [-0.4, -0.2) is 66.3 Å². The minimum absolute atomic E-state index is 0.0729. The van der Waals surface area contributed by atoms with E-state index in [4.69, 9.17) is 0 Å². The maximum absolute atomic E-state index is 11.5. The summed E-state index contributed by atoms with van der Waals surface area (Å²) in [5.41, 5.74) is 0.893. The highest BCUT2D eigenvalue weighted by Gasteiger charge is 2.36. The van der Waals surface area contributed by atoms with Gasteiger partial charge in [0.15, 0.2) is 0 Å². The number of aliphatic hydroxyl groups is 1. The summed E-state index contributed by atoms with van der Waals surface area (Å²) in [7, 11) is -3.11. The van der Waals surface area contributed by atoms with Gasteiger partial charge in [-0.25, -0.2) is 22.7 Å². The Morgan fingerprint density at radius 3 is 2.45 bits per heavy atom. The molecule has 1 N–H and O–H groups in total. The third-order valence-corrected chi connectivity index (χ3v) is 5.56. The van der Waals surface area contributed by atoms with Crippen LogP contribution >= 0.6 is 0 Å². The molecule has 2 fully saturated rings. The number of hydrogen-bond acceptors (Lipinski definition) is 6. The summed E-state index contributed by atoms with van der Waals surface area (Å²) < 4.78 is 24.4. The van der Waals surface area contributed by atoms with Crippen molar-refractivity contribution in [2.75, 3.05) is 37.3 Å². The molecule has 0 spiro atoms. The Morgan fingerprint density at radius 1 is 1.23 bits per heavy atom. The monoisotopic (exact) mass is 326 g/mol. The Bertz CT molecular complexity index is 650. The molecule has 0 saturated carbocycles. The Balaban J connectivity index is 1.74. The van der Waals surface area contributed by atoms with Crippen LogP contribution in [0.3, 0.4) is 0 Å². The zero-order valence-corrected chi connectivity index (χ0v) is 13.8. The van der Waals surface area contributed by atoms with E-state index in [-0.39, 0.29) is 12.0 Å². The summed E-state index contributed by atoms with van der Waals surface area (Å²) in [5.74, 6) is 1.68. The summed E-state index contributed by atoms with van der Waals surface area (Å²) in [4.78, 5) is 11.3. The van der Waals surface area contributed by atoms with E-state index in [9.17, 15) is 13.5 Å². The number of aryl methyl sites for hydroxylation is 1. The molecule has 3 rings (SSSR count). The highest BCUT2D eigenvalue weighted by atomic mass is 32.2. The first-order chi connectivity index (χ1) is 10.3. The van der Waals surface area contributed by atoms with Gasteiger partial charge in [-0.3, -0.25) is 0 Å². The number of nitrogens with zero attached hydrogens (tertiary/aromatic N) is 4. The van der Waals surface area contributed by atoms with E-state index in [0.717, 1.165) is 43.3 Å². The van der Waals surface area contributed by atoms with Crippen LogP contribution in [0.25, 0.3) is 0 Å². The van der Waals surface area contributed by atoms with E-state index in [1.807, 2.05) is 13.0 Å². The topological polar surface area (TPSA) is 86.6 Å². The maximum Gasteiger partial charge on any atom is 0.211 e. The average Bonchev–Trinajstić information content (AvgIpc) is 2.35. The van der Waals surface area contributed by atoms with Crippen LogP contribution < -0.4 is 4.90 Å². The van der Waals surface area contributed by atoms with Gasteiger partial charge in [0.25, 0.3) is 0 Å². The molecule has 7 nitrogen and oxygen atoms in total. The van der Waals surface area contributed by atoms with Gasteiger partial charge >= 0.3 is 0 Å². The van der Waals surface area contributed by atoms with Gasteiger partial charge in [-0.05, 0) is 19.8 Å². The van der Waals surface area contributed by atoms with Crippen molar-refractivity contribution in [2.45, 2.75) is 31.8 Å². The van der Waals surface area contributed by atoms with Crippen molar-refractivity contribution in [3.05, 3.63) is 17.6 Å². The second-order valence-corrected chi connectivity index (χ2v) is 8.20. The van der Waals surface area contributed by atoms with E-state index in [1.54, 1.807) is 0 Å². The quantitative estimate of drug-likeness (QED) is 0.848. The molecule has 122 valence electrons. The van der Waals surface area contributed by atoms with Gasteiger partial charge in [0.2, 0.25) is 10.0 Å². The molecule has 0 unspecified atom stereocenters. The molecule has 8 heteroatoms. The molecule has 22 heavy (non-hydrogen) atoms. The lowest BCUT2D eigenvalue weighted by Gasteiger charge is -2.37.